The van der Waals surface area contributed by atoms with Crippen LogP contribution in [0.2, 0.25) is 0 Å². The van der Waals surface area contributed by atoms with Gasteiger partial charge >= 0.3 is 5.97 Å². The van der Waals surface area contributed by atoms with Gasteiger partial charge in [0.2, 0.25) is 0 Å². The van der Waals surface area contributed by atoms with Crippen molar-refractivity contribution in [2.45, 2.75) is 59.0 Å². The highest BCUT2D eigenvalue weighted by atomic mass is 16.5. The molecule has 1 aromatic carbocycles. The normalized spacial score (nSPS) is 10.7. The van der Waals surface area contributed by atoms with Crippen LogP contribution in [-0.2, 0) is 16.1 Å². The Labute approximate surface area is 134 Å². The predicted molar refractivity (Wildman–Crippen MR) is 89.0 cm³/mol. The van der Waals surface area contributed by atoms with Crippen LogP contribution in [0.5, 0.6) is 5.75 Å². The molecular formula is C18H29NO3. The number of nitrogens with one attached hydrogen (secondary N) is 1. The van der Waals surface area contributed by atoms with Crippen LogP contribution >= 0.6 is 0 Å². The first-order chi connectivity index (χ1) is 10.6. The third kappa shape index (κ3) is 8.67. The second-order valence-corrected chi connectivity index (χ2v) is 5.64. The lowest BCUT2D eigenvalue weighted by molar-refractivity contribution is -0.143. The van der Waals surface area contributed by atoms with E-state index in [1.165, 1.54) is 5.56 Å². The number of benzene rings is 1. The highest BCUT2D eigenvalue weighted by Gasteiger charge is 2.01. The molecule has 0 heterocycles. The molecule has 22 heavy (non-hydrogen) atoms. The van der Waals surface area contributed by atoms with Crippen LogP contribution in [0.3, 0.4) is 0 Å². The molecule has 0 fully saturated rings. The van der Waals surface area contributed by atoms with Crippen LogP contribution in [0.4, 0.5) is 0 Å². The maximum Gasteiger partial charge on any atom is 0.305 e. The fraction of sp³-hybridized carbons (Fsp3) is 0.611. The van der Waals surface area contributed by atoms with E-state index in [2.05, 4.69) is 31.3 Å². The molecule has 0 aliphatic carbocycles. The zero-order valence-corrected chi connectivity index (χ0v) is 14.1. The molecule has 124 valence electrons. The SMILES string of the molecule is CCOC(=O)CCCCCOc1ccc(CNC(C)C)cc1. The lowest BCUT2D eigenvalue weighted by Gasteiger charge is -2.09. The minimum absolute atomic E-state index is 0.103. The molecule has 1 rings (SSSR count). The van der Waals surface area contributed by atoms with Crippen molar-refractivity contribution in [3.8, 4) is 5.75 Å². The van der Waals surface area contributed by atoms with E-state index in [-0.39, 0.29) is 5.97 Å². The first kappa shape index (κ1) is 18.5. The molecule has 1 N–H and O–H groups in total. The van der Waals surface area contributed by atoms with Crippen molar-refractivity contribution in [1.82, 2.24) is 5.32 Å². The van der Waals surface area contributed by atoms with E-state index >= 15 is 0 Å². The van der Waals surface area contributed by atoms with Gasteiger partial charge in [-0.15, -0.1) is 0 Å². The topological polar surface area (TPSA) is 47.6 Å². The first-order valence-corrected chi connectivity index (χ1v) is 8.22. The van der Waals surface area contributed by atoms with Gasteiger partial charge in [0.05, 0.1) is 13.2 Å². The predicted octanol–water partition coefficient (Wildman–Crippen LogP) is 3.69. The fourth-order valence-electron chi connectivity index (χ4n) is 2.00. The highest BCUT2D eigenvalue weighted by molar-refractivity contribution is 5.69. The second kappa shape index (κ2) is 11.1. The van der Waals surface area contributed by atoms with Gasteiger partial charge in [0, 0.05) is 19.0 Å². The molecule has 4 heteroatoms. The Hall–Kier alpha value is -1.55. The average Bonchev–Trinajstić information content (AvgIpc) is 2.50. The molecule has 0 saturated carbocycles. The highest BCUT2D eigenvalue weighted by Crippen LogP contribution is 2.13. The van der Waals surface area contributed by atoms with E-state index in [4.69, 9.17) is 9.47 Å². The van der Waals surface area contributed by atoms with Crippen molar-refractivity contribution in [3.05, 3.63) is 29.8 Å². The maximum atomic E-state index is 11.2. The van der Waals surface area contributed by atoms with Gasteiger partial charge in [0.15, 0.2) is 0 Å². The van der Waals surface area contributed by atoms with Crippen molar-refractivity contribution in [1.29, 1.82) is 0 Å². The number of hydrogen-bond donors (Lipinski definition) is 1. The largest absolute Gasteiger partial charge is 0.494 e. The summed E-state index contributed by atoms with van der Waals surface area (Å²) < 4.78 is 10.6. The molecule has 0 amide bonds. The summed E-state index contributed by atoms with van der Waals surface area (Å²) in [4.78, 5) is 11.2. The van der Waals surface area contributed by atoms with Gasteiger partial charge in [-0.1, -0.05) is 26.0 Å². The van der Waals surface area contributed by atoms with E-state index in [0.717, 1.165) is 31.6 Å². The van der Waals surface area contributed by atoms with Crippen LogP contribution in [0.15, 0.2) is 24.3 Å². The van der Waals surface area contributed by atoms with E-state index in [0.29, 0.717) is 25.7 Å². The van der Waals surface area contributed by atoms with Crippen molar-refractivity contribution in [2.24, 2.45) is 0 Å². The molecule has 1 aromatic rings. The molecule has 0 atom stereocenters. The average molecular weight is 307 g/mol. The summed E-state index contributed by atoms with van der Waals surface area (Å²) >= 11 is 0. The molecule has 0 radical (unpaired) electrons. The number of hydrogen-bond acceptors (Lipinski definition) is 4. The fourth-order valence-corrected chi connectivity index (χ4v) is 2.00. The van der Waals surface area contributed by atoms with Crippen LogP contribution < -0.4 is 10.1 Å². The molecule has 0 unspecified atom stereocenters. The van der Waals surface area contributed by atoms with Gasteiger partial charge in [0.25, 0.3) is 0 Å². The Balaban J connectivity index is 2.11. The minimum atomic E-state index is -0.103. The zero-order valence-electron chi connectivity index (χ0n) is 14.1. The standard InChI is InChI=1S/C18H29NO3/c1-4-21-18(20)8-6-5-7-13-22-17-11-9-16(10-12-17)14-19-15(2)3/h9-12,15,19H,4-8,13-14H2,1-3H3. The number of esters is 1. The Morgan fingerprint density at radius 1 is 1.14 bits per heavy atom. The summed E-state index contributed by atoms with van der Waals surface area (Å²) in [5, 5.41) is 3.39. The summed E-state index contributed by atoms with van der Waals surface area (Å²) in [5.74, 6) is 0.799. The Bertz CT molecular complexity index is 415. The van der Waals surface area contributed by atoms with Gasteiger partial charge in [-0.3, -0.25) is 4.79 Å². The molecule has 0 spiro atoms. The Kier molecular flexibility index (Phi) is 9.31. The monoisotopic (exact) mass is 307 g/mol. The van der Waals surface area contributed by atoms with E-state index in [9.17, 15) is 4.79 Å². The molecule has 0 aliphatic rings. The van der Waals surface area contributed by atoms with E-state index in [1.807, 2.05) is 19.1 Å². The van der Waals surface area contributed by atoms with E-state index < -0.39 is 0 Å². The van der Waals surface area contributed by atoms with Crippen LogP contribution in [0.25, 0.3) is 0 Å². The quantitative estimate of drug-likeness (QED) is 0.500. The summed E-state index contributed by atoms with van der Waals surface area (Å²) in [6, 6.07) is 8.69. The number of ether oxygens (including phenoxy) is 2. The number of rotatable bonds is 11. The number of carbonyl (C=O) groups is 1. The minimum Gasteiger partial charge on any atom is -0.494 e. The summed E-state index contributed by atoms with van der Waals surface area (Å²) in [5.41, 5.74) is 1.26. The number of unbranched alkanes of at least 4 members (excludes halogenated alkanes) is 2. The first-order valence-electron chi connectivity index (χ1n) is 8.22. The van der Waals surface area contributed by atoms with Gasteiger partial charge in [-0.25, -0.2) is 0 Å². The summed E-state index contributed by atoms with van der Waals surface area (Å²) in [6.07, 6.45) is 3.30. The molecule has 0 bridgehead atoms. The Morgan fingerprint density at radius 3 is 2.50 bits per heavy atom. The molecule has 4 nitrogen and oxygen atoms in total. The molecule has 0 aromatic heterocycles. The zero-order chi connectivity index (χ0) is 16.2. The van der Waals surface area contributed by atoms with Gasteiger partial charge in [0.1, 0.15) is 5.75 Å². The molecular weight excluding hydrogens is 278 g/mol. The maximum absolute atomic E-state index is 11.2. The lowest BCUT2D eigenvalue weighted by atomic mass is 10.2. The van der Waals surface area contributed by atoms with Crippen molar-refractivity contribution in [3.63, 3.8) is 0 Å². The lowest BCUT2D eigenvalue weighted by Crippen LogP contribution is -2.21. The van der Waals surface area contributed by atoms with Gasteiger partial charge < -0.3 is 14.8 Å². The molecule has 0 aliphatic heterocycles. The van der Waals surface area contributed by atoms with Gasteiger partial charge in [-0.05, 0) is 43.9 Å². The Morgan fingerprint density at radius 2 is 1.86 bits per heavy atom. The van der Waals surface area contributed by atoms with E-state index in [1.54, 1.807) is 0 Å². The van der Waals surface area contributed by atoms with Crippen LogP contribution in [-0.4, -0.2) is 25.2 Å². The van der Waals surface area contributed by atoms with Crippen molar-refractivity contribution >= 4 is 5.97 Å². The molecule has 0 saturated heterocycles. The third-order valence-electron chi connectivity index (χ3n) is 3.24. The van der Waals surface area contributed by atoms with Crippen molar-refractivity contribution in [2.75, 3.05) is 13.2 Å². The third-order valence-corrected chi connectivity index (χ3v) is 3.24. The number of carbonyl (C=O) groups excluding carboxylic acids is 1. The summed E-state index contributed by atoms with van der Waals surface area (Å²) in [6.45, 7) is 8.14. The van der Waals surface area contributed by atoms with Crippen LogP contribution in [0.1, 0.15) is 52.0 Å². The smallest absolute Gasteiger partial charge is 0.305 e. The second-order valence-electron chi connectivity index (χ2n) is 5.64. The van der Waals surface area contributed by atoms with Crippen LogP contribution in [0, 0.1) is 0 Å². The summed E-state index contributed by atoms with van der Waals surface area (Å²) in [7, 11) is 0. The van der Waals surface area contributed by atoms with Crippen molar-refractivity contribution < 1.29 is 14.3 Å². The van der Waals surface area contributed by atoms with Gasteiger partial charge in [-0.2, -0.15) is 0 Å².